The van der Waals surface area contributed by atoms with E-state index in [4.69, 9.17) is 10.3 Å². The number of hydrogen-bond acceptors (Lipinski definition) is 3. The number of nitrogens with zero attached hydrogens (tertiary/aromatic N) is 1. The molecule has 0 aliphatic heterocycles. The van der Waals surface area contributed by atoms with Gasteiger partial charge in [-0.15, -0.1) is 0 Å². The third kappa shape index (κ3) is 2.00. The molecule has 1 rings (SSSR count). The fourth-order valence-corrected chi connectivity index (χ4v) is 1.41. The molecule has 12 heavy (non-hydrogen) atoms. The SMILES string of the molecule is CCCC(CC)c1cc(N)on1. The van der Waals surface area contributed by atoms with Crippen LogP contribution in [0.4, 0.5) is 5.88 Å². The van der Waals surface area contributed by atoms with Crippen LogP contribution in [-0.4, -0.2) is 5.16 Å². The third-order valence-electron chi connectivity index (χ3n) is 2.09. The minimum atomic E-state index is 0.416. The van der Waals surface area contributed by atoms with E-state index < -0.39 is 0 Å². The van der Waals surface area contributed by atoms with E-state index in [1.54, 1.807) is 0 Å². The van der Waals surface area contributed by atoms with E-state index in [9.17, 15) is 0 Å². The van der Waals surface area contributed by atoms with Gasteiger partial charge in [0.1, 0.15) is 0 Å². The van der Waals surface area contributed by atoms with E-state index in [1.165, 1.54) is 6.42 Å². The van der Waals surface area contributed by atoms with Gasteiger partial charge in [0.25, 0.3) is 0 Å². The van der Waals surface area contributed by atoms with E-state index >= 15 is 0 Å². The lowest BCUT2D eigenvalue weighted by Crippen LogP contribution is -1.96. The Hall–Kier alpha value is -0.990. The first-order chi connectivity index (χ1) is 5.77. The molecule has 1 unspecified atom stereocenters. The summed E-state index contributed by atoms with van der Waals surface area (Å²) in [5.41, 5.74) is 6.44. The van der Waals surface area contributed by atoms with Crippen LogP contribution >= 0.6 is 0 Å². The van der Waals surface area contributed by atoms with E-state index in [0.29, 0.717) is 11.8 Å². The minimum absolute atomic E-state index is 0.416. The molecule has 0 saturated carbocycles. The van der Waals surface area contributed by atoms with Gasteiger partial charge in [-0.1, -0.05) is 25.4 Å². The summed E-state index contributed by atoms with van der Waals surface area (Å²) in [6, 6.07) is 1.82. The molecule has 0 fully saturated rings. The Kier molecular flexibility index (Phi) is 3.14. The van der Waals surface area contributed by atoms with Crippen LogP contribution in [0.25, 0.3) is 0 Å². The number of nitrogen functional groups attached to an aromatic ring is 1. The smallest absolute Gasteiger partial charge is 0.222 e. The van der Waals surface area contributed by atoms with Crippen molar-refractivity contribution in [2.24, 2.45) is 0 Å². The van der Waals surface area contributed by atoms with Gasteiger partial charge < -0.3 is 10.3 Å². The summed E-state index contributed by atoms with van der Waals surface area (Å²) in [4.78, 5) is 0. The summed E-state index contributed by atoms with van der Waals surface area (Å²) in [6.07, 6.45) is 3.42. The van der Waals surface area contributed by atoms with Gasteiger partial charge in [-0.25, -0.2) is 0 Å². The number of anilines is 1. The van der Waals surface area contributed by atoms with Crippen LogP contribution in [0.2, 0.25) is 0 Å². The van der Waals surface area contributed by atoms with Crippen molar-refractivity contribution < 1.29 is 4.52 Å². The molecule has 0 spiro atoms. The summed E-state index contributed by atoms with van der Waals surface area (Å²) in [5.74, 6) is 0.926. The van der Waals surface area contributed by atoms with Crippen molar-refractivity contribution in [3.63, 3.8) is 0 Å². The molecule has 2 N–H and O–H groups in total. The molecule has 3 nitrogen and oxygen atoms in total. The Balaban J connectivity index is 2.66. The second kappa shape index (κ2) is 4.14. The molecule has 3 heteroatoms. The lowest BCUT2D eigenvalue weighted by atomic mass is 9.97. The van der Waals surface area contributed by atoms with E-state index in [2.05, 4.69) is 19.0 Å². The van der Waals surface area contributed by atoms with Crippen LogP contribution in [0, 0.1) is 0 Å². The van der Waals surface area contributed by atoms with Crippen molar-refractivity contribution in [1.29, 1.82) is 0 Å². The van der Waals surface area contributed by atoms with Gasteiger partial charge in [0.2, 0.25) is 5.88 Å². The highest BCUT2D eigenvalue weighted by atomic mass is 16.5. The lowest BCUT2D eigenvalue weighted by molar-refractivity contribution is 0.414. The van der Waals surface area contributed by atoms with Crippen molar-refractivity contribution in [1.82, 2.24) is 5.16 Å². The topological polar surface area (TPSA) is 52.0 Å². The highest BCUT2D eigenvalue weighted by Gasteiger charge is 2.12. The van der Waals surface area contributed by atoms with Crippen molar-refractivity contribution in [3.05, 3.63) is 11.8 Å². The maximum absolute atomic E-state index is 5.44. The molecule has 0 aliphatic rings. The fourth-order valence-electron chi connectivity index (χ4n) is 1.41. The van der Waals surface area contributed by atoms with Gasteiger partial charge in [0.15, 0.2) is 0 Å². The predicted octanol–water partition coefficient (Wildman–Crippen LogP) is 2.55. The lowest BCUT2D eigenvalue weighted by Gasteiger charge is -2.08. The molecule has 68 valence electrons. The largest absolute Gasteiger partial charge is 0.368 e. The minimum Gasteiger partial charge on any atom is -0.368 e. The summed E-state index contributed by atoms with van der Waals surface area (Å²) in [5, 5.41) is 3.91. The molecule has 0 aromatic carbocycles. The van der Waals surface area contributed by atoms with Crippen molar-refractivity contribution in [2.75, 3.05) is 5.73 Å². The van der Waals surface area contributed by atoms with Crippen LogP contribution < -0.4 is 5.73 Å². The molecule has 0 bridgehead atoms. The quantitative estimate of drug-likeness (QED) is 0.751. The van der Waals surface area contributed by atoms with Gasteiger partial charge in [-0.2, -0.15) is 0 Å². The number of rotatable bonds is 4. The highest BCUT2D eigenvalue weighted by Crippen LogP contribution is 2.24. The summed E-state index contributed by atoms with van der Waals surface area (Å²) in [7, 11) is 0. The van der Waals surface area contributed by atoms with Crippen molar-refractivity contribution in [2.45, 2.75) is 39.0 Å². The normalized spacial score (nSPS) is 13.2. The second-order valence-electron chi connectivity index (χ2n) is 3.05. The molecule has 1 heterocycles. The van der Waals surface area contributed by atoms with Gasteiger partial charge in [0, 0.05) is 12.0 Å². The van der Waals surface area contributed by atoms with Gasteiger partial charge in [0.05, 0.1) is 5.69 Å². The Morgan fingerprint density at radius 3 is 2.75 bits per heavy atom. The Morgan fingerprint density at radius 1 is 1.58 bits per heavy atom. The van der Waals surface area contributed by atoms with Crippen LogP contribution in [0.5, 0.6) is 0 Å². The molecular formula is C9H16N2O. The summed E-state index contributed by atoms with van der Waals surface area (Å²) in [6.45, 7) is 4.33. The van der Waals surface area contributed by atoms with Crippen LogP contribution in [-0.2, 0) is 0 Å². The summed E-state index contributed by atoms with van der Waals surface area (Å²) < 4.78 is 4.82. The second-order valence-corrected chi connectivity index (χ2v) is 3.05. The van der Waals surface area contributed by atoms with Crippen molar-refractivity contribution >= 4 is 5.88 Å². The molecular weight excluding hydrogens is 152 g/mol. The van der Waals surface area contributed by atoms with E-state index in [-0.39, 0.29) is 0 Å². The monoisotopic (exact) mass is 168 g/mol. The maximum Gasteiger partial charge on any atom is 0.222 e. The van der Waals surface area contributed by atoms with Crippen LogP contribution in [0.15, 0.2) is 10.6 Å². The zero-order valence-electron chi connectivity index (χ0n) is 7.71. The van der Waals surface area contributed by atoms with Gasteiger partial charge >= 0.3 is 0 Å². The van der Waals surface area contributed by atoms with Gasteiger partial charge in [-0.3, -0.25) is 0 Å². The third-order valence-corrected chi connectivity index (χ3v) is 2.09. The summed E-state index contributed by atoms with van der Waals surface area (Å²) >= 11 is 0. The molecule has 0 amide bonds. The first kappa shape index (κ1) is 9.10. The number of aromatic nitrogens is 1. The zero-order chi connectivity index (χ0) is 8.97. The van der Waals surface area contributed by atoms with Crippen molar-refractivity contribution in [3.8, 4) is 0 Å². The standard InChI is InChI=1S/C9H16N2O/c1-3-5-7(4-2)8-6-9(10)12-11-8/h6-7H,3-5,10H2,1-2H3. The maximum atomic E-state index is 5.44. The molecule has 1 aromatic rings. The molecule has 0 radical (unpaired) electrons. The first-order valence-corrected chi connectivity index (χ1v) is 4.50. The van der Waals surface area contributed by atoms with E-state index in [0.717, 1.165) is 18.5 Å². The van der Waals surface area contributed by atoms with Crippen LogP contribution in [0.1, 0.15) is 44.7 Å². The predicted molar refractivity (Wildman–Crippen MR) is 48.9 cm³/mol. The Labute approximate surface area is 72.9 Å². The number of hydrogen-bond donors (Lipinski definition) is 1. The molecule has 0 aliphatic carbocycles. The Bertz CT molecular complexity index is 232. The highest BCUT2D eigenvalue weighted by molar-refractivity contribution is 5.26. The molecule has 1 atom stereocenters. The number of nitrogens with two attached hydrogens (primary N) is 1. The van der Waals surface area contributed by atoms with Gasteiger partial charge in [-0.05, 0) is 12.8 Å². The molecule has 1 aromatic heterocycles. The molecule has 0 saturated heterocycles. The fraction of sp³-hybridized carbons (Fsp3) is 0.667. The Morgan fingerprint density at radius 2 is 2.33 bits per heavy atom. The average molecular weight is 168 g/mol. The van der Waals surface area contributed by atoms with E-state index in [1.807, 2.05) is 6.07 Å². The average Bonchev–Trinajstić information content (AvgIpc) is 2.47. The zero-order valence-corrected chi connectivity index (χ0v) is 7.71. The first-order valence-electron chi connectivity index (χ1n) is 4.50. The van der Waals surface area contributed by atoms with Crippen LogP contribution in [0.3, 0.4) is 0 Å².